The van der Waals surface area contributed by atoms with Gasteiger partial charge in [-0.2, -0.15) is 0 Å². The van der Waals surface area contributed by atoms with Crippen LogP contribution in [0.2, 0.25) is 0 Å². The van der Waals surface area contributed by atoms with Gasteiger partial charge in [0.1, 0.15) is 11.6 Å². The second kappa shape index (κ2) is 7.45. The van der Waals surface area contributed by atoms with Crippen LogP contribution in [-0.4, -0.2) is 42.8 Å². The molecule has 0 radical (unpaired) electrons. The van der Waals surface area contributed by atoms with Gasteiger partial charge in [-0.25, -0.2) is 9.18 Å². The molecular formula is C16H23FN2O3. The van der Waals surface area contributed by atoms with Gasteiger partial charge in [0.2, 0.25) is 0 Å². The molecule has 0 heterocycles. The Bertz CT molecular complexity index is 524. The highest BCUT2D eigenvalue weighted by Crippen LogP contribution is 2.27. The number of hydrogen-bond acceptors (Lipinski definition) is 3. The summed E-state index contributed by atoms with van der Waals surface area (Å²) < 4.78 is 18.4. The first-order valence-corrected chi connectivity index (χ1v) is 7.55. The number of anilines is 1. The molecule has 22 heavy (non-hydrogen) atoms. The number of benzene rings is 1. The SMILES string of the molecule is COc1ccc(F)cc1NC(=O)N(C)CC1CCCCC1O. The molecule has 2 atom stereocenters. The van der Waals surface area contributed by atoms with Crippen molar-refractivity contribution in [1.82, 2.24) is 4.90 Å². The van der Waals surface area contributed by atoms with Gasteiger partial charge in [0.05, 0.1) is 18.9 Å². The van der Waals surface area contributed by atoms with E-state index >= 15 is 0 Å². The quantitative estimate of drug-likeness (QED) is 0.899. The number of carbonyl (C=O) groups excluding carboxylic acids is 1. The number of aliphatic hydroxyl groups excluding tert-OH is 1. The predicted octanol–water partition coefficient (Wildman–Crippen LogP) is 2.85. The zero-order chi connectivity index (χ0) is 16.1. The molecule has 122 valence electrons. The summed E-state index contributed by atoms with van der Waals surface area (Å²) in [6, 6.07) is 3.62. The van der Waals surface area contributed by atoms with E-state index in [1.165, 1.54) is 30.2 Å². The molecule has 2 N–H and O–H groups in total. The van der Waals surface area contributed by atoms with Crippen LogP contribution in [0.5, 0.6) is 5.75 Å². The minimum absolute atomic E-state index is 0.0962. The molecule has 0 aromatic heterocycles. The Labute approximate surface area is 130 Å². The average molecular weight is 310 g/mol. The van der Waals surface area contributed by atoms with E-state index in [0.717, 1.165) is 25.7 Å². The first-order valence-electron chi connectivity index (χ1n) is 7.55. The number of rotatable bonds is 4. The number of urea groups is 1. The van der Waals surface area contributed by atoms with E-state index in [9.17, 15) is 14.3 Å². The van der Waals surface area contributed by atoms with E-state index in [0.29, 0.717) is 18.0 Å². The molecule has 1 aromatic rings. The molecule has 1 fully saturated rings. The fourth-order valence-corrected chi connectivity index (χ4v) is 2.82. The lowest BCUT2D eigenvalue weighted by Crippen LogP contribution is -2.40. The van der Waals surface area contributed by atoms with Crippen molar-refractivity contribution >= 4 is 11.7 Å². The summed E-state index contributed by atoms with van der Waals surface area (Å²) in [5.74, 6) is 0.0567. The number of carbonyl (C=O) groups is 1. The molecule has 1 aromatic carbocycles. The van der Waals surface area contributed by atoms with Crippen LogP contribution >= 0.6 is 0 Å². The normalized spacial score (nSPS) is 21.3. The summed E-state index contributed by atoms with van der Waals surface area (Å²) >= 11 is 0. The Morgan fingerprint density at radius 3 is 2.86 bits per heavy atom. The molecule has 0 aliphatic heterocycles. The van der Waals surface area contributed by atoms with E-state index in [1.807, 2.05) is 0 Å². The summed E-state index contributed by atoms with van der Waals surface area (Å²) in [4.78, 5) is 13.7. The van der Waals surface area contributed by atoms with E-state index < -0.39 is 5.82 Å². The summed E-state index contributed by atoms with van der Waals surface area (Å²) in [7, 11) is 3.13. The summed E-state index contributed by atoms with van der Waals surface area (Å²) in [6.07, 6.45) is 3.47. The molecule has 2 unspecified atom stereocenters. The highest BCUT2D eigenvalue weighted by atomic mass is 19.1. The van der Waals surface area contributed by atoms with Crippen LogP contribution in [0.3, 0.4) is 0 Å². The molecule has 5 nitrogen and oxygen atoms in total. The van der Waals surface area contributed by atoms with Crippen molar-refractivity contribution in [3.05, 3.63) is 24.0 Å². The van der Waals surface area contributed by atoms with Gasteiger partial charge in [-0.3, -0.25) is 0 Å². The van der Waals surface area contributed by atoms with Crippen molar-refractivity contribution in [2.75, 3.05) is 26.0 Å². The number of hydrogen-bond donors (Lipinski definition) is 2. The van der Waals surface area contributed by atoms with Crippen molar-refractivity contribution < 1.29 is 19.0 Å². The Morgan fingerprint density at radius 2 is 2.18 bits per heavy atom. The van der Waals surface area contributed by atoms with Crippen molar-refractivity contribution in [1.29, 1.82) is 0 Å². The first kappa shape index (κ1) is 16.5. The standard InChI is InChI=1S/C16H23FN2O3/c1-19(10-11-5-3-4-6-14(11)20)16(21)18-13-9-12(17)7-8-15(13)22-2/h7-9,11,14,20H,3-6,10H2,1-2H3,(H,18,21). The minimum Gasteiger partial charge on any atom is -0.495 e. The van der Waals surface area contributed by atoms with Crippen molar-refractivity contribution in [3.8, 4) is 5.75 Å². The number of nitrogens with zero attached hydrogens (tertiary/aromatic N) is 1. The van der Waals surface area contributed by atoms with Crippen molar-refractivity contribution in [2.45, 2.75) is 31.8 Å². The van der Waals surface area contributed by atoms with Gasteiger partial charge >= 0.3 is 6.03 Å². The number of amides is 2. The fraction of sp³-hybridized carbons (Fsp3) is 0.562. The minimum atomic E-state index is -0.443. The zero-order valence-electron chi connectivity index (χ0n) is 13.0. The lowest BCUT2D eigenvalue weighted by molar-refractivity contribution is 0.0575. The molecule has 1 aliphatic rings. The maximum absolute atomic E-state index is 13.3. The van der Waals surface area contributed by atoms with E-state index in [2.05, 4.69) is 5.32 Å². The van der Waals surface area contributed by atoms with Crippen molar-refractivity contribution in [3.63, 3.8) is 0 Å². The third kappa shape index (κ3) is 4.10. The Hall–Kier alpha value is -1.82. The number of ether oxygens (including phenoxy) is 1. The maximum Gasteiger partial charge on any atom is 0.321 e. The van der Waals surface area contributed by atoms with Crippen LogP contribution in [0.4, 0.5) is 14.9 Å². The largest absolute Gasteiger partial charge is 0.495 e. The summed E-state index contributed by atoms with van der Waals surface area (Å²) in [5.41, 5.74) is 0.295. The van der Waals surface area contributed by atoms with Gasteiger partial charge in [0.25, 0.3) is 0 Å². The van der Waals surface area contributed by atoms with Gasteiger partial charge in [-0.05, 0) is 25.0 Å². The molecule has 1 saturated carbocycles. The third-order valence-electron chi connectivity index (χ3n) is 4.13. The Morgan fingerprint density at radius 1 is 1.45 bits per heavy atom. The van der Waals surface area contributed by atoms with Crippen LogP contribution in [0.25, 0.3) is 0 Å². The average Bonchev–Trinajstić information content (AvgIpc) is 2.49. The number of methoxy groups -OCH3 is 1. The van der Waals surface area contributed by atoms with Gasteiger partial charge < -0.3 is 20.1 Å². The topological polar surface area (TPSA) is 61.8 Å². The Kier molecular flexibility index (Phi) is 5.60. The molecule has 0 spiro atoms. The molecule has 1 aliphatic carbocycles. The van der Waals surface area contributed by atoms with E-state index in [4.69, 9.17) is 4.74 Å². The molecule has 0 bridgehead atoms. The monoisotopic (exact) mass is 310 g/mol. The zero-order valence-corrected chi connectivity index (χ0v) is 13.0. The fourth-order valence-electron chi connectivity index (χ4n) is 2.82. The lowest BCUT2D eigenvalue weighted by atomic mass is 9.86. The second-order valence-corrected chi connectivity index (χ2v) is 5.77. The highest BCUT2D eigenvalue weighted by Gasteiger charge is 2.25. The molecule has 0 saturated heterocycles. The van der Waals surface area contributed by atoms with E-state index in [1.54, 1.807) is 7.05 Å². The molecular weight excluding hydrogens is 287 g/mol. The number of halogens is 1. The molecule has 2 amide bonds. The highest BCUT2D eigenvalue weighted by molar-refractivity contribution is 5.90. The lowest BCUT2D eigenvalue weighted by Gasteiger charge is -2.31. The van der Waals surface area contributed by atoms with Crippen LogP contribution in [-0.2, 0) is 0 Å². The van der Waals surface area contributed by atoms with Gasteiger partial charge in [0, 0.05) is 25.6 Å². The van der Waals surface area contributed by atoms with Crippen LogP contribution in [0.1, 0.15) is 25.7 Å². The van der Waals surface area contributed by atoms with E-state index in [-0.39, 0.29) is 18.1 Å². The van der Waals surface area contributed by atoms with Gasteiger partial charge in [0.15, 0.2) is 0 Å². The first-order chi connectivity index (χ1) is 10.5. The smallest absolute Gasteiger partial charge is 0.321 e. The predicted molar refractivity (Wildman–Crippen MR) is 82.6 cm³/mol. The summed E-state index contributed by atoms with van der Waals surface area (Å²) in [5, 5.41) is 12.6. The molecule has 6 heteroatoms. The van der Waals surface area contributed by atoms with Crippen LogP contribution in [0, 0.1) is 11.7 Å². The van der Waals surface area contributed by atoms with Crippen LogP contribution in [0.15, 0.2) is 18.2 Å². The van der Waals surface area contributed by atoms with Gasteiger partial charge in [-0.15, -0.1) is 0 Å². The Balaban J connectivity index is 1.97. The van der Waals surface area contributed by atoms with Crippen molar-refractivity contribution in [2.24, 2.45) is 5.92 Å². The second-order valence-electron chi connectivity index (χ2n) is 5.77. The number of nitrogens with one attached hydrogen (secondary N) is 1. The number of aliphatic hydroxyl groups is 1. The summed E-state index contributed by atoms with van der Waals surface area (Å²) in [6.45, 7) is 0.477. The maximum atomic E-state index is 13.3. The molecule has 2 rings (SSSR count). The third-order valence-corrected chi connectivity index (χ3v) is 4.13. The van der Waals surface area contributed by atoms with Crippen LogP contribution < -0.4 is 10.1 Å². The van der Waals surface area contributed by atoms with Gasteiger partial charge in [-0.1, -0.05) is 12.8 Å².